The van der Waals surface area contributed by atoms with Crippen molar-refractivity contribution in [3.8, 4) is 0 Å². The molecule has 1 amide bonds. The molecule has 1 unspecified atom stereocenters. The number of rotatable bonds is 7. The van der Waals surface area contributed by atoms with Gasteiger partial charge in [-0.15, -0.1) is 0 Å². The molecule has 0 bridgehead atoms. The second kappa shape index (κ2) is 6.73. The SMILES string of the molecule is CC(CCNC(=O)CCc1ccco1)C(=O)O. The Hall–Kier alpha value is -1.78. The van der Waals surface area contributed by atoms with Gasteiger partial charge < -0.3 is 14.8 Å². The Labute approximate surface area is 99.8 Å². The van der Waals surface area contributed by atoms with Gasteiger partial charge in [0.15, 0.2) is 0 Å². The third-order valence-electron chi connectivity index (χ3n) is 2.50. The summed E-state index contributed by atoms with van der Waals surface area (Å²) in [4.78, 5) is 21.9. The Bertz CT molecular complexity index is 359. The molecule has 94 valence electrons. The number of hydrogen-bond acceptors (Lipinski definition) is 3. The number of furan rings is 1. The van der Waals surface area contributed by atoms with Gasteiger partial charge in [-0.2, -0.15) is 0 Å². The minimum absolute atomic E-state index is 0.0843. The number of aliphatic carboxylic acids is 1. The molecule has 1 aromatic rings. The lowest BCUT2D eigenvalue weighted by molar-refractivity contribution is -0.141. The maximum atomic E-state index is 11.4. The topological polar surface area (TPSA) is 79.5 Å². The molecule has 0 aliphatic rings. The highest BCUT2D eigenvalue weighted by Crippen LogP contribution is 2.04. The van der Waals surface area contributed by atoms with Crippen molar-refractivity contribution in [2.45, 2.75) is 26.2 Å². The maximum Gasteiger partial charge on any atom is 0.306 e. The van der Waals surface area contributed by atoms with Crippen molar-refractivity contribution in [2.75, 3.05) is 6.54 Å². The van der Waals surface area contributed by atoms with Crippen LogP contribution in [0.4, 0.5) is 0 Å². The van der Waals surface area contributed by atoms with E-state index in [1.807, 2.05) is 6.07 Å². The molecule has 0 radical (unpaired) electrons. The van der Waals surface area contributed by atoms with Gasteiger partial charge in [-0.1, -0.05) is 6.92 Å². The smallest absolute Gasteiger partial charge is 0.306 e. The fourth-order valence-electron chi connectivity index (χ4n) is 1.33. The number of carboxylic acids is 1. The summed E-state index contributed by atoms with van der Waals surface area (Å²) in [6, 6.07) is 3.60. The number of aryl methyl sites for hydroxylation is 1. The van der Waals surface area contributed by atoms with E-state index in [0.29, 0.717) is 25.8 Å². The lowest BCUT2D eigenvalue weighted by Gasteiger charge is -2.07. The minimum Gasteiger partial charge on any atom is -0.481 e. The standard InChI is InChI=1S/C12H17NO4/c1-9(12(15)16)6-7-13-11(14)5-4-10-3-2-8-17-10/h2-3,8-9H,4-7H2,1H3,(H,13,14)(H,15,16). The van der Waals surface area contributed by atoms with Crippen LogP contribution in [0.5, 0.6) is 0 Å². The molecule has 0 aliphatic heterocycles. The largest absolute Gasteiger partial charge is 0.481 e. The summed E-state index contributed by atoms with van der Waals surface area (Å²) in [5, 5.41) is 11.3. The molecule has 1 aromatic heterocycles. The van der Waals surface area contributed by atoms with Crippen LogP contribution in [0, 0.1) is 5.92 Å². The van der Waals surface area contributed by atoms with Gasteiger partial charge in [0.05, 0.1) is 12.2 Å². The minimum atomic E-state index is -0.838. The summed E-state index contributed by atoms with van der Waals surface area (Å²) >= 11 is 0. The maximum absolute atomic E-state index is 11.4. The first-order valence-corrected chi connectivity index (χ1v) is 5.61. The molecule has 0 fully saturated rings. The van der Waals surface area contributed by atoms with Crippen molar-refractivity contribution in [1.29, 1.82) is 0 Å². The van der Waals surface area contributed by atoms with E-state index in [4.69, 9.17) is 9.52 Å². The quantitative estimate of drug-likeness (QED) is 0.754. The average Bonchev–Trinajstić information content (AvgIpc) is 2.78. The predicted molar refractivity (Wildman–Crippen MR) is 61.5 cm³/mol. The van der Waals surface area contributed by atoms with Crippen LogP contribution in [0.2, 0.25) is 0 Å². The second-order valence-corrected chi connectivity index (χ2v) is 3.96. The molecule has 1 rings (SSSR count). The van der Waals surface area contributed by atoms with Gasteiger partial charge >= 0.3 is 5.97 Å². The van der Waals surface area contributed by atoms with Gasteiger partial charge in [0.2, 0.25) is 5.91 Å². The van der Waals surface area contributed by atoms with Crippen LogP contribution in [0.3, 0.4) is 0 Å². The normalized spacial score (nSPS) is 12.1. The molecule has 17 heavy (non-hydrogen) atoms. The number of hydrogen-bond donors (Lipinski definition) is 2. The van der Waals surface area contributed by atoms with E-state index in [1.165, 1.54) is 0 Å². The summed E-state index contributed by atoms with van der Waals surface area (Å²) in [7, 11) is 0. The van der Waals surface area contributed by atoms with E-state index >= 15 is 0 Å². The van der Waals surface area contributed by atoms with E-state index in [-0.39, 0.29) is 5.91 Å². The fraction of sp³-hybridized carbons (Fsp3) is 0.500. The molecule has 0 saturated carbocycles. The zero-order valence-electron chi connectivity index (χ0n) is 9.81. The zero-order valence-corrected chi connectivity index (χ0v) is 9.81. The first-order valence-electron chi connectivity index (χ1n) is 5.61. The van der Waals surface area contributed by atoms with Crippen molar-refractivity contribution in [1.82, 2.24) is 5.32 Å². The highest BCUT2D eigenvalue weighted by atomic mass is 16.4. The van der Waals surface area contributed by atoms with Crippen molar-refractivity contribution in [2.24, 2.45) is 5.92 Å². The highest BCUT2D eigenvalue weighted by molar-refractivity contribution is 5.76. The van der Waals surface area contributed by atoms with Crippen LogP contribution in [-0.2, 0) is 16.0 Å². The Balaban J connectivity index is 2.11. The van der Waals surface area contributed by atoms with E-state index in [2.05, 4.69) is 5.32 Å². The number of carbonyl (C=O) groups is 2. The predicted octanol–water partition coefficient (Wildman–Crippen LogP) is 1.44. The van der Waals surface area contributed by atoms with Crippen LogP contribution in [0.15, 0.2) is 22.8 Å². The summed E-state index contributed by atoms with van der Waals surface area (Å²) in [6.45, 7) is 2.02. The van der Waals surface area contributed by atoms with Crippen molar-refractivity contribution >= 4 is 11.9 Å². The molecule has 1 atom stereocenters. The van der Waals surface area contributed by atoms with E-state index in [0.717, 1.165) is 5.76 Å². The van der Waals surface area contributed by atoms with Crippen LogP contribution in [0.1, 0.15) is 25.5 Å². The Morgan fingerprint density at radius 3 is 2.88 bits per heavy atom. The molecule has 0 aliphatic carbocycles. The van der Waals surface area contributed by atoms with Gasteiger partial charge in [-0.05, 0) is 18.6 Å². The first kappa shape index (κ1) is 13.3. The molecule has 5 nitrogen and oxygen atoms in total. The van der Waals surface area contributed by atoms with Crippen LogP contribution in [-0.4, -0.2) is 23.5 Å². The van der Waals surface area contributed by atoms with Crippen LogP contribution < -0.4 is 5.32 Å². The van der Waals surface area contributed by atoms with Crippen molar-refractivity contribution in [3.63, 3.8) is 0 Å². The summed E-state index contributed by atoms with van der Waals surface area (Å²) in [5.41, 5.74) is 0. The zero-order chi connectivity index (χ0) is 12.7. The van der Waals surface area contributed by atoms with Gasteiger partial charge in [-0.25, -0.2) is 0 Å². The van der Waals surface area contributed by atoms with Gasteiger partial charge in [-0.3, -0.25) is 9.59 Å². The van der Waals surface area contributed by atoms with Crippen LogP contribution >= 0.6 is 0 Å². The Kier molecular flexibility index (Phi) is 5.26. The molecule has 0 aromatic carbocycles. The second-order valence-electron chi connectivity index (χ2n) is 3.96. The van der Waals surface area contributed by atoms with Crippen molar-refractivity contribution < 1.29 is 19.1 Å². The number of nitrogens with one attached hydrogen (secondary N) is 1. The molecule has 5 heteroatoms. The van der Waals surface area contributed by atoms with E-state index in [9.17, 15) is 9.59 Å². The van der Waals surface area contributed by atoms with Gasteiger partial charge in [0.25, 0.3) is 0 Å². The number of carboxylic acid groups (broad SMARTS) is 1. The fourth-order valence-corrected chi connectivity index (χ4v) is 1.33. The Morgan fingerprint density at radius 1 is 1.53 bits per heavy atom. The number of carbonyl (C=O) groups excluding carboxylic acids is 1. The highest BCUT2D eigenvalue weighted by Gasteiger charge is 2.10. The number of amides is 1. The summed E-state index contributed by atoms with van der Waals surface area (Å²) in [5.74, 6) is -0.576. The molecular formula is C12H17NO4. The molecule has 2 N–H and O–H groups in total. The van der Waals surface area contributed by atoms with E-state index in [1.54, 1.807) is 19.3 Å². The molecule has 0 saturated heterocycles. The van der Waals surface area contributed by atoms with Crippen LogP contribution in [0.25, 0.3) is 0 Å². The molecule has 1 heterocycles. The summed E-state index contributed by atoms with van der Waals surface area (Å²) < 4.78 is 5.10. The van der Waals surface area contributed by atoms with E-state index < -0.39 is 11.9 Å². The third kappa shape index (κ3) is 5.19. The van der Waals surface area contributed by atoms with Crippen molar-refractivity contribution in [3.05, 3.63) is 24.2 Å². The monoisotopic (exact) mass is 239 g/mol. The Morgan fingerprint density at radius 2 is 2.29 bits per heavy atom. The molecular weight excluding hydrogens is 222 g/mol. The summed E-state index contributed by atoms with van der Waals surface area (Å²) in [6.07, 6.45) is 2.94. The molecule has 0 spiro atoms. The van der Waals surface area contributed by atoms with Gasteiger partial charge in [0, 0.05) is 19.4 Å². The average molecular weight is 239 g/mol. The third-order valence-corrected chi connectivity index (χ3v) is 2.50. The first-order chi connectivity index (χ1) is 8.09. The van der Waals surface area contributed by atoms with Gasteiger partial charge in [0.1, 0.15) is 5.76 Å². The lowest BCUT2D eigenvalue weighted by atomic mass is 10.1. The lowest BCUT2D eigenvalue weighted by Crippen LogP contribution is -2.27.